The quantitative estimate of drug-likeness (QED) is 0.312. The molecule has 0 unspecified atom stereocenters. The first kappa shape index (κ1) is 22.1. The Morgan fingerprint density at radius 3 is 1.25 bits per heavy atom. The van der Waals surface area contributed by atoms with Gasteiger partial charge in [0.25, 0.3) is 0 Å². The minimum absolute atomic E-state index is 0. The van der Waals surface area contributed by atoms with Crippen LogP contribution in [0.5, 0.6) is 0 Å². The minimum Gasteiger partial charge on any atom is -0.358 e. The van der Waals surface area contributed by atoms with Gasteiger partial charge in [0.05, 0.1) is 0 Å². The van der Waals surface area contributed by atoms with Crippen LogP contribution in [0.1, 0.15) is 6.92 Å². The van der Waals surface area contributed by atoms with Crippen LogP contribution in [0, 0.1) is 14.4 Å². The summed E-state index contributed by atoms with van der Waals surface area (Å²) < 4.78 is 0. The van der Waals surface area contributed by atoms with Gasteiger partial charge in [-0.1, -0.05) is 0 Å². The fraction of sp³-hybridized carbons (Fsp3) is 0.333. The Morgan fingerprint density at radius 2 is 1.25 bits per heavy atom. The Morgan fingerprint density at radius 1 is 1.25 bits per heavy atom. The zero-order valence-electron chi connectivity index (χ0n) is 3.21. The molecule has 0 aromatic carbocycles. The van der Waals surface area contributed by atoms with Gasteiger partial charge in [-0.15, -0.1) is 0 Å². The molecule has 0 rings (SSSR count). The molecule has 0 spiro atoms. The molecule has 0 aliphatic heterocycles. The first-order chi connectivity index (χ1) is 1.00. The minimum atomic E-state index is 0. The summed E-state index contributed by atoms with van der Waals surface area (Å²) in [6.07, 6.45) is 0. The molecule has 0 nitrogen and oxygen atoms in total. The molecule has 0 saturated carbocycles. The Bertz CT molecular complexity index is 3.25. The molecule has 0 fully saturated rings. The maximum atomic E-state index is 3.25. The Kier molecular flexibility index (Phi) is 297. The Balaban J connectivity index is -0.00000000500. The molecule has 0 aromatic heterocycles. The van der Waals surface area contributed by atoms with E-state index in [1.807, 2.05) is 0 Å². The van der Waals surface area contributed by atoms with Gasteiger partial charge < -0.3 is 14.4 Å². The average molecular weight is 92.0 g/mol. The van der Waals surface area contributed by atoms with Crippen molar-refractivity contribution >= 4 is 0 Å². The number of rotatable bonds is 0. The van der Waals surface area contributed by atoms with E-state index >= 15 is 0 Å². The van der Waals surface area contributed by atoms with Crippen LogP contribution in [-0.4, -0.2) is 0 Å². The maximum absolute atomic E-state index is 3.25. The molecule has 24 valence electrons. The monoisotopic (exact) mass is 92.0 g/mol. The zero-order chi connectivity index (χ0) is 2.00. The summed E-state index contributed by atoms with van der Waals surface area (Å²) in [4.78, 5) is 0. The molecule has 0 atom stereocenters. The van der Waals surface area contributed by atoms with Crippen LogP contribution in [0.2, 0.25) is 0 Å². The largest absolute Gasteiger partial charge is 2.00 e. The first-order valence-corrected chi connectivity index (χ1v) is 0.707. The molecule has 0 amide bonds. The van der Waals surface area contributed by atoms with Crippen molar-refractivity contribution in [3.8, 4) is 0 Å². The number of hydrogen-bond donors (Lipinski definition) is 0. The molecule has 0 heterocycles. The van der Waals surface area contributed by atoms with Crippen LogP contribution < -0.4 is 0 Å². The predicted octanol–water partition coefficient (Wildman–Crippen LogP) is 1.29. The van der Waals surface area contributed by atoms with Crippen molar-refractivity contribution in [2.24, 2.45) is 0 Å². The van der Waals surface area contributed by atoms with E-state index in [4.69, 9.17) is 0 Å². The van der Waals surface area contributed by atoms with E-state index in [0.29, 0.717) is 0 Å². The first-order valence-electron chi connectivity index (χ1n) is 0.707. The van der Waals surface area contributed by atoms with Crippen molar-refractivity contribution in [3.05, 3.63) is 14.4 Å². The van der Waals surface area contributed by atoms with Crippen molar-refractivity contribution in [1.29, 1.82) is 0 Å². The summed E-state index contributed by atoms with van der Waals surface area (Å²) in [5, 5.41) is 0. The second-order valence-corrected chi connectivity index (χ2v) is 0. The van der Waals surface area contributed by atoms with E-state index < -0.39 is 0 Å². The molecule has 0 aliphatic carbocycles. The molecule has 1 heteroatoms. The third-order valence-corrected chi connectivity index (χ3v) is 0. The van der Waals surface area contributed by atoms with E-state index in [-0.39, 0.29) is 29.1 Å². The van der Waals surface area contributed by atoms with Crippen LogP contribution in [-0.2, 0) is 21.7 Å². The maximum Gasteiger partial charge on any atom is 2.00 e. The van der Waals surface area contributed by atoms with Gasteiger partial charge in [0.15, 0.2) is 0 Å². The molecule has 0 aliphatic rings. The van der Waals surface area contributed by atoms with Gasteiger partial charge in [0.1, 0.15) is 0 Å². The molecular formula is C3H8Ti. The van der Waals surface area contributed by atoms with E-state index in [1.165, 1.54) is 0 Å². The second-order valence-electron chi connectivity index (χ2n) is 0. The summed E-state index contributed by atoms with van der Waals surface area (Å²) in [5.74, 6) is 0. The average Bonchev–Trinajstić information content (AvgIpc) is 1.00. The van der Waals surface area contributed by atoms with Crippen molar-refractivity contribution in [2.75, 3.05) is 0 Å². The van der Waals surface area contributed by atoms with Crippen molar-refractivity contribution < 1.29 is 21.7 Å². The predicted molar refractivity (Wildman–Crippen MR) is 17.4 cm³/mol. The van der Waals surface area contributed by atoms with Gasteiger partial charge in [-0.25, -0.2) is 0 Å². The summed E-state index contributed by atoms with van der Waals surface area (Å²) >= 11 is 0. The van der Waals surface area contributed by atoms with Crippen molar-refractivity contribution in [2.45, 2.75) is 6.92 Å². The van der Waals surface area contributed by atoms with Gasteiger partial charge in [0.2, 0.25) is 0 Å². The third kappa shape index (κ3) is 15.6. The van der Waals surface area contributed by atoms with E-state index in [0.717, 1.165) is 0 Å². The van der Waals surface area contributed by atoms with Crippen LogP contribution in [0.25, 0.3) is 0 Å². The molecule has 0 aromatic rings. The Hall–Kier alpha value is 0.714. The summed E-state index contributed by atoms with van der Waals surface area (Å²) in [7, 11) is 0. The third-order valence-electron chi connectivity index (χ3n) is 0. The molecule has 0 N–H and O–H groups in total. The smallest absolute Gasteiger partial charge is 0.358 e. The van der Waals surface area contributed by atoms with Gasteiger partial charge in [-0.2, -0.15) is 6.92 Å². The normalized spacial score (nSPS) is 1.50. The van der Waals surface area contributed by atoms with Crippen LogP contribution in [0.3, 0.4) is 0 Å². The van der Waals surface area contributed by atoms with Gasteiger partial charge >= 0.3 is 21.7 Å². The van der Waals surface area contributed by atoms with E-state index in [9.17, 15) is 0 Å². The molecule has 0 bridgehead atoms. The second kappa shape index (κ2) is 53.6. The molecular weight excluding hydrogens is 83.9 g/mol. The van der Waals surface area contributed by atoms with Crippen LogP contribution >= 0.6 is 0 Å². The summed E-state index contributed by atoms with van der Waals surface area (Å²) in [5.41, 5.74) is 0. The zero-order valence-corrected chi connectivity index (χ0v) is 4.77. The molecule has 0 saturated heterocycles. The fourth-order valence-electron chi connectivity index (χ4n) is 0. The van der Waals surface area contributed by atoms with Crippen molar-refractivity contribution in [1.82, 2.24) is 0 Å². The van der Waals surface area contributed by atoms with Crippen LogP contribution in [0.15, 0.2) is 0 Å². The summed E-state index contributed by atoms with van der Waals surface area (Å²) in [6.45, 7) is 5.00. The van der Waals surface area contributed by atoms with E-state index in [2.05, 4.69) is 6.92 Å². The van der Waals surface area contributed by atoms with E-state index in [1.54, 1.807) is 6.92 Å². The van der Waals surface area contributed by atoms with Gasteiger partial charge in [0, 0.05) is 0 Å². The standard InChI is InChI=1S/C2H5.CH3.Ti/c1-2;;/h1H2,2H3;1H3;/q2*-1;+2. The topological polar surface area (TPSA) is 0 Å². The van der Waals surface area contributed by atoms with Gasteiger partial charge in [-0.05, 0) is 0 Å². The van der Waals surface area contributed by atoms with Crippen LogP contribution in [0.4, 0.5) is 0 Å². The summed E-state index contributed by atoms with van der Waals surface area (Å²) in [6, 6.07) is 0. The molecule has 0 radical (unpaired) electrons. The number of hydrogen-bond acceptors (Lipinski definition) is 0. The van der Waals surface area contributed by atoms with Gasteiger partial charge in [-0.3, -0.25) is 0 Å². The SMILES string of the molecule is [CH2-]C.[CH3-].[Ti+2]. The Labute approximate surface area is 43.5 Å². The fourth-order valence-corrected chi connectivity index (χ4v) is 0. The molecule has 4 heavy (non-hydrogen) atoms. The van der Waals surface area contributed by atoms with Crippen molar-refractivity contribution in [3.63, 3.8) is 0 Å².